The van der Waals surface area contributed by atoms with Crippen LogP contribution in [0.2, 0.25) is 0 Å². The summed E-state index contributed by atoms with van der Waals surface area (Å²) in [6, 6.07) is 0. The highest BCUT2D eigenvalue weighted by atomic mass is 19.4. The quantitative estimate of drug-likeness (QED) is 0.660. The van der Waals surface area contributed by atoms with Gasteiger partial charge in [-0.05, 0) is 18.8 Å². The van der Waals surface area contributed by atoms with Gasteiger partial charge in [-0.2, -0.15) is 13.2 Å². The molecule has 0 aromatic heterocycles. The van der Waals surface area contributed by atoms with E-state index in [1.54, 1.807) is 0 Å². The molecule has 0 spiro atoms. The van der Waals surface area contributed by atoms with Crippen LogP contribution >= 0.6 is 0 Å². The minimum atomic E-state index is -4.43. The first-order chi connectivity index (χ1) is 5.52. The van der Waals surface area contributed by atoms with Crippen molar-refractivity contribution in [2.24, 2.45) is 5.92 Å². The van der Waals surface area contributed by atoms with Gasteiger partial charge in [-0.15, -0.1) is 0 Å². The highest BCUT2D eigenvalue weighted by Crippen LogP contribution is 2.34. The lowest BCUT2D eigenvalue weighted by Crippen LogP contribution is -2.36. The average Bonchev–Trinajstić information content (AvgIpc) is 2.03. The molecular formula is C8H13F3O. The molecule has 0 amide bonds. The summed E-state index contributed by atoms with van der Waals surface area (Å²) in [5.41, 5.74) is 0. The number of aliphatic hydroxyl groups is 1. The fraction of sp³-hybridized carbons (Fsp3) is 1.00. The highest BCUT2D eigenvalue weighted by Gasteiger charge is 2.43. The second-order valence-electron chi connectivity index (χ2n) is 3.38. The van der Waals surface area contributed by atoms with Gasteiger partial charge in [-0.1, -0.05) is 19.3 Å². The van der Waals surface area contributed by atoms with E-state index in [0.29, 0.717) is 12.8 Å². The molecule has 12 heavy (non-hydrogen) atoms. The molecule has 0 heterocycles. The van der Waals surface area contributed by atoms with E-state index in [4.69, 9.17) is 5.11 Å². The van der Waals surface area contributed by atoms with Crippen molar-refractivity contribution in [2.45, 2.75) is 44.4 Å². The predicted octanol–water partition coefficient (Wildman–Crippen LogP) is 2.49. The van der Waals surface area contributed by atoms with Gasteiger partial charge in [0, 0.05) is 0 Å². The van der Waals surface area contributed by atoms with Gasteiger partial charge in [0.25, 0.3) is 0 Å². The van der Waals surface area contributed by atoms with Crippen molar-refractivity contribution < 1.29 is 18.3 Å². The number of alkyl halides is 3. The fourth-order valence-corrected chi connectivity index (χ4v) is 1.72. The molecule has 1 saturated carbocycles. The van der Waals surface area contributed by atoms with Crippen molar-refractivity contribution in [3.63, 3.8) is 0 Å². The van der Waals surface area contributed by atoms with Crippen LogP contribution in [0.3, 0.4) is 0 Å². The zero-order chi connectivity index (χ0) is 9.19. The van der Waals surface area contributed by atoms with E-state index >= 15 is 0 Å². The molecule has 1 N–H and O–H groups in total. The van der Waals surface area contributed by atoms with Crippen LogP contribution < -0.4 is 0 Å². The Morgan fingerprint density at radius 1 is 1.08 bits per heavy atom. The van der Waals surface area contributed by atoms with E-state index in [2.05, 4.69) is 0 Å². The molecule has 0 aromatic rings. The number of rotatable bonds is 1. The zero-order valence-corrected chi connectivity index (χ0v) is 6.77. The summed E-state index contributed by atoms with van der Waals surface area (Å²) in [5.74, 6) is -0.557. The van der Waals surface area contributed by atoms with Crippen LogP contribution in [-0.4, -0.2) is 17.4 Å². The van der Waals surface area contributed by atoms with E-state index in [0.717, 1.165) is 19.3 Å². The van der Waals surface area contributed by atoms with Gasteiger partial charge in [-0.3, -0.25) is 0 Å². The second-order valence-corrected chi connectivity index (χ2v) is 3.38. The monoisotopic (exact) mass is 182 g/mol. The van der Waals surface area contributed by atoms with E-state index in [9.17, 15) is 13.2 Å². The molecule has 0 aliphatic heterocycles. The van der Waals surface area contributed by atoms with Crippen molar-refractivity contribution in [1.29, 1.82) is 0 Å². The van der Waals surface area contributed by atoms with Crippen molar-refractivity contribution >= 4 is 0 Å². The number of hydrogen-bond donors (Lipinski definition) is 1. The minimum Gasteiger partial charge on any atom is -0.383 e. The molecule has 1 aliphatic carbocycles. The largest absolute Gasteiger partial charge is 0.414 e. The molecule has 0 radical (unpaired) electrons. The van der Waals surface area contributed by atoms with Crippen LogP contribution in [0.4, 0.5) is 13.2 Å². The van der Waals surface area contributed by atoms with Crippen LogP contribution in [0.1, 0.15) is 32.1 Å². The summed E-state index contributed by atoms with van der Waals surface area (Å²) >= 11 is 0. The maximum atomic E-state index is 12.0. The lowest BCUT2D eigenvalue weighted by molar-refractivity contribution is -0.222. The molecule has 0 saturated heterocycles. The molecule has 1 aliphatic rings. The molecule has 1 fully saturated rings. The summed E-state index contributed by atoms with van der Waals surface area (Å²) in [7, 11) is 0. The number of aliphatic hydroxyl groups excluding tert-OH is 1. The lowest BCUT2D eigenvalue weighted by atomic mass is 9.85. The Hall–Kier alpha value is -0.250. The van der Waals surface area contributed by atoms with Crippen LogP contribution in [0, 0.1) is 5.92 Å². The molecule has 1 nitrogen and oxygen atoms in total. The van der Waals surface area contributed by atoms with Gasteiger partial charge in [-0.25, -0.2) is 0 Å². The van der Waals surface area contributed by atoms with Crippen molar-refractivity contribution in [3.8, 4) is 0 Å². The summed E-state index contributed by atoms with van der Waals surface area (Å²) < 4.78 is 36.0. The summed E-state index contributed by atoms with van der Waals surface area (Å²) in [5, 5.41) is 8.89. The SMILES string of the molecule is O[C@H](C1CCCCC1)C(F)(F)F. The standard InChI is InChI=1S/C8H13F3O/c9-8(10,11)7(12)6-4-2-1-3-5-6/h6-7,12H,1-5H2/t7-/m1/s1. The summed E-state index contributed by atoms with van der Waals surface area (Å²) in [6.45, 7) is 0. The third-order valence-electron chi connectivity index (χ3n) is 2.43. The predicted molar refractivity (Wildman–Crippen MR) is 38.6 cm³/mol. The van der Waals surface area contributed by atoms with E-state index in [-0.39, 0.29) is 0 Å². The van der Waals surface area contributed by atoms with Gasteiger partial charge in [0.1, 0.15) is 0 Å². The van der Waals surface area contributed by atoms with E-state index in [1.807, 2.05) is 0 Å². The van der Waals surface area contributed by atoms with Gasteiger partial charge in [0.05, 0.1) is 0 Å². The molecule has 0 bridgehead atoms. The summed E-state index contributed by atoms with van der Waals surface area (Å²) in [6.07, 6.45) is -2.86. The minimum absolute atomic E-state index is 0.515. The van der Waals surface area contributed by atoms with Crippen molar-refractivity contribution in [1.82, 2.24) is 0 Å². The Bertz CT molecular complexity index is 138. The Morgan fingerprint density at radius 2 is 1.58 bits per heavy atom. The van der Waals surface area contributed by atoms with Gasteiger partial charge in [0.2, 0.25) is 0 Å². The first-order valence-corrected chi connectivity index (χ1v) is 4.26. The van der Waals surface area contributed by atoms with Crippen LogP contribution in [0.5, 0.6) is 0 Å². The van der Waals surface area contributed by atoms with Gasteiger partial charge < -0.3 is 5.11 Å². The number of hydrogen-bond acceptors (Lipinski definition) is 1. The van der Waals surface area contributed by atoms with E-state index in [1.165, 1.54) is 0 Å². The highest BCUT2D eigenvalue weighted by molar-refractivity contribution is 4.77. The average molecular weight is 182 g/mol. The van der Waals surface area contributed by atoms with Crippen LogP contribution in [0.25, 0.3) is 0 Å². The van der Waals surface area contributed by atoms with Crippen LogP contribution in [0.15, 0.2) is 0 Å². The molecule has 0 aromatic carbocycles. The first kappa shape index (κ1) is 9.84. The zero-order valence-electron chi connectivity index (χ0n) is 6.77. The maximum Gasteiger partial charge on any atom is 0.414 e. The second kappa shape index (κ2) is 3.64. The lowest BCUT2D eigenvalue weighted by Gasteiger charge is -2.27. The molecule has 1 rings (SSSR count). The van der Waals surface area contributed by atoms with Gasteiger partial charge in [0.15, 0.2) is 6.10 Å². The van der Waals surface area contributed by atoms with Crippen molar-refractivity contribution in [2.75, 3.05) is 0 Å². The molecule has 1 atom stereocenters. The third-order valence-corrected chi connectivity index (χ3v) is 2.43. The molecule has 4 heteroatoms. The Labute approximate surface area is 69.6 Å². The van der Waals surface area contributed by atoms with Gasteiger partial charge >= 0.3 is 6.18 Å². The topological polar surface area (TPSA) is 20.2 Å². The summed E-state index contributed by atoms with van der Waals surface area (Å²) in [4.78, 5) is 0. The number of halogens is 3. The Balaban J connectivity index is 2.45. The first-order valence-electron chi connectivity index (χ1n) is 4.26. The molecular weight excluding hydrogens is 169 g/mol. The third kappa shape index (κ3) is 2.37. The molecule has 0 unspecified atom stereocenters. The Morgan fingerprint density at radius 3 is 2.00 bits per heavy atom. The normalized spacial score (nSPS) is 24.0. The van der Waals surface area contributed by atoms with Crippen LogP contribution in [-0.2, 0) is 0 Å². The molecule has 72 valence electrons. The Kier molecular flexibility index (Phi) is 2.99. The van der Waals surface area contributed by atoms with E-state index < -0.39 is 18.2 Å². The maximum absolute atomic E-state index is 12.0. The smallest absolute Gasteiger partial charge is 0.383 e. The fourth-order valence-electron chi connectivity index (χ4n) is 1.72. The van der Waals surface area contributed by atoms with Crippen molar-refractivity contribution in [3.05, 3.63) is 0 Å².